The molecule has 1 saturated carbocycles. The second-order valence-corrected chi connectivity index (χ2v) is 5.76. The van der Waals surface area contributed by atoms with Crippen LogP contribution in [0.5, 0.6) is 0 Å². The molecular weight excluding hydrogens is 273 g/mol. The van der Waals surface area contributed by atoms with E-state index in [0.717, 1.165) is 26.7 Å². The molecule has 0 heterocycles. The van der Waals surface area contributed by atoms with Crippen molar-refractivity contribution >= 4 is 33.2 Å². The molecule has 1 aliphatic rings. The van der Waals surface area contributed by atoms with Crippen LogP contribution in [0.15, 0.2) is 16.6 Å². The van der Waals surface area contributed by atoms with Gasteiger partial charge in [-0.25, -0.2) is 0 Å². The zero-order valence-electron chi connectivity index (χ0n) is 8.98. The van der Waals surface area contributed by atoms with Crippen molar-refractivity contribution in [3.63, 3.8) is 0 Å². The van der Waals surface area contributed by atoms with Crippen LogP contribution in [0.3, 0.4) is 0 Å². The summed E-state index contributed by atoms with van der Waals surface area (Å²) in [5.41, 5.74) is 2.22. The van der Waals surface area contributed by atoms with Crippen LogP contribution in [0, 0.1) is 12.8 Å². The van der Waals surface area contributed by atoms with Crippen molar-refractivity contribution in [1.29, 1.82) is 0 Å². The van der Waals surface area contributed by atoms with Crippen LogP contribution >= 0.6 is 27.5 Å². The van der Waals surface area contributed by atoms with E-state index in [-0.39, 0.29) is 0 Å². The first kappa shape index (κ1) is 11.3. The highest BCUT2D eigenvalue weighted by Gasteiger charge is 2.25. The molecule has 0 spiro atoms. The van der Waals surface area contributed by atoms with E-state index in [9.17, 15) is 0 Å². The molecule has 0 aromatic heterocycles. The lowest BCUT2D eigenvalue weighted by Gasteiger charge is -2.34. The van der Waals surface area contributed by atoms with E-state index in [1.54, 1.807) is 0 Å². The van der Waals surface area contributed by atoms with Crippen LogP contribution in [0.1, 0.15) is 25.3 Å². The van der Waals surface area contributed by atoms with E-state index in [2.05, 4.69) is 34.2 Å². The molecule has 0 aliphatic heterocycles. The average molecular weight is 289 g/mol. The first-order valence-electron chi connectivity index (χ1n) is 5.28. The van der Waals surface area contributed by atoms with Gasteiger partial charge in [0, 0.05) is 15.5 Å². The summed E-state index contributed by atoms with van der Waals surface area (Å²) >= 11 is 9.66. The van der Waals surface area contributed by atoms with Crippen LogP contribution in [-0.4, -0.2) is 6.04 Å². The maximum Gasteiger partial charge on any atom is 0.0501 e. The Kier molecular flexibility index (Phi) is 3.27. The Morgan fingerprint density at radius 1 is 1.40 bits per heavy atom. The third kappa shape index (κ3) is 2.48. The van der Waals surface area contributed by atoms with Crippen molar-refractivity contribution in [2.24, 2.45) is 5.92 Å². The zero-order chi connectivity index (χ0) is 11.0. The van der Waals surface area contributed by atoms with Crippen molar-refractivity contribution < 1.29 is 0 Å². The molecule has 1 aromatic rings. The predicted molar refractivity (Wildman–Crippen MR) is 69.7 cm³/mol. The highest BCUT2D eigenvalue weighted by Crippen LogP contribution is 2.34. The lowest BCUT2D eigenvalue weighted by molar-refractivity contribution is 0.309. The fourth-order valence-electron chi connectivity index (χ4n) is 2.00. The molecule has 82 valence electrons. The SMILES string of the molecule is Cc1cc(Br)c(NC2CC(C)C2)cc1Cl. The minimum atomic E-state index is 0.620. The van der Waals surface area contributed by atoms with Gasteiger partial charge in [0.25, 0.3) is 0 Å². The molecule has 0 atom stereocenters. The molecule has 0 unspecified atom stereocenters. The molecular formula is C12H15BrClN. The molecule has 1 aromatic carbocycles. The number of benzene rings is 1. The molecule has 0 bridgehead atoms. The standard InChI is InChI=1S/C12H15BrClN/c1-7-3-9(4-7)15-12-6-11(14)8(2)5-10(12)13/h5-7,9,15H,3-4H2,1-2H3. The summed E-state index contributed by atoms with van der Waals surface area (Å²) in [7, 11) is 0. The summed E-state index contributed by atoms with van der Waals surface area (Å²) in [6.45, 7) is 4.30. The Morgan fingerprint density at radius 2 is 2.07 bits per heavy atom. The van der Waals surface area contributed by atoms with Crippen LogP contribution < -0.4 is 5.32 Å². The summed E-state index contributed by atoms with van der Waals surface area (Å²) in [5.74, 6) is 0.863. The second-order valence-electron chi connectivity index (χ2n) is 4.50. The zero-order valence-corrected chi connectivity index (χ0v) is 11.3. The summed E-state index contributed by atoms with van der Waals surface area (Å²) in [6.07, 6.45) is 2.52. The van der Waals surface area contributed by atoms with E-state index in [1.165, 1.54) is 12.8 Å². The third-order valence-electron chi connectivity index (χ3n) is 2.98. The molecule has 2 rings (SSSR count). The van der Waals surface area contributed by atoms with Crippen molar-refractivity contribution in [3.8, 4) is 0 Å². The normalized spacial score (nSPS) is 24.8. The topological polar surface area (TPSA) is 12.0 Å². The number of aryl methyl sites for hydroxylation is 1. The lowest BCUT2D eigenvalue weighted by Crippen LogP contribution is -2.33. The van der Waals surface area contributed by atoms with Gasteiger partial charge in [-0.05, 0) is 59.3 Å². The van der Waals surface area contributed by atoms with Gasteiger partial charge in [0.1, 0.15) is 0 Å². The maximum absolute atomic E-state index is 6.10. The largest absolute Gasteiger partial charge is 0.381 e. The van der Waals surface area contributed by atoms with E-state index in [0.29, 0.717) is 6.04 Å². The van der Waals surface area contributed by atoms with Gasteiger partial charge in [-0.15, -0.1) is 0 Å². The highest BCUT2D eigenvalue weighted by atomic mass is 79.9. The number of rotatable bonds is 2. The fourth-order valence-corrected chi connectivity index (χ4v) is 2.73. The first-order chi connectivity index (χ1) is 7.06. The monoisotopic (exact) mass is 287 g/mol. The Balaban J connectivity index is 2.11. The maximum atomic E-state index is 6.10. The van der Waals surface area contributed by atoms with Gasteiger partial charge in [0.05, 0.1) is 5.69 Å². The highest BCUT2D eigenvalue weighted by molar-refractivity contribution is 9.10. The molecule has 1 fully saturated rings. The van der Waals surface area contributed by atoms with Crippen molar-refractivity contribution in [2.75, 3.05) is 5.32 Å². The smallest absolute Gasteiger partial charge is 0.0501 e. The fraction of sp³-hybridized carbons (Fsp3) is 0.500. The molecule has 1 nitrogen and oxygen atoms in total. The molecule has 0 radical (unpaired) electrons. The average Bonchev–Trinajstić information content (AvgIpc) is 2.11. The van der Waals surface area contributed by atoms with Gasteiger partial charge in [-0.2, -0.15) is 0 Å². The predicted octanol–water partition coefficient (Wildman–Crippen LogP) is 4.62. The van der Waals surface area contributed by atoms with Crippen molar-refractivity contribution in [2.45, 2.75) is 32.7 Å². The summed E-state index contributed by atoms with van der Waals surface area (Å²) < 4.78 is 1.10. The summed E-state index contributed by atoms with van der Waals surface area (Å²) in [5, 5.41) is 4.34. The quantitative estimate of drug-likeness (QED) is 0.837. The number of anilines is 1. The minimum absolute atomic E-state index is 0.620. The number of nitrogens with one attached hydrogen (secondary N) is 1. The molecule has 0 amide bonds. The summed E-state index contributed by atoms with van der Waals surface area (Å²) in [4.78, 5) is 0. The molecule has 1 N–H and O–H groups in total. The van der Waals surface area contributed by atoms with Gasteiger partial charge in [-0.3, -0.25) is 0 Å². The molecule has 0 saturated heterocycles. The van der Waals surface area contributed by atoms with E-state index < -0.39 is 0 Å². The van der Waals surface area contributed by atoms with Gasteiger partial charge < -0.3 is 5.32 Å². The Labute approximate surface area is 104 Å². The van der Waals surface area contributed by atoms with Crippen molar-refractivity contribution in [1.82, 2.24) is 0 Å². The van der Waals surface area contributed by atoms with Crippen LogP contribution in [-0.2, 0) is 0 Å². The van der Waals surface area contributed by atoms with Crippen LogP contribution in [0.2, 0.25) is 5.02 Å². The number of hydrogen-bond acceptors (Lipinski definition) is 1. The minimum Gasteiger partial charge on any atom is -0.381 e. The Hall–Kier alpha value is -0.210. The van der Waals surface area contributed by atoms with Gasteiger partial charge in [0.2, 0.25) is 0 Å². The van der Waals surface area contributed by atoms with E-state index in [4.69, 9.17) is 11.6 Å². The molecule has 3 heteroatoms. The molecule has 1 aliphatic carbocycles. The Bertz CT molecular complexity index is 372. The third-order valence-corrected chi connectivity index (χ3v) is 4.04. The van der Waals surface area contributed by atoms with Crippen molar-refractivity contribution in [3.05, 3.63) is 27.2 Å². The van der Waals surface area contributed by atoms with Crippen LogP contribution in [0.25, 0.3) is 0 Å². The number of halogens is 2. The first-order valence-corrected chi connectivity index (χ1v) is 6.45. The van der Waals surface area contributed by atoms with E-state index in [1.807, 2.05) is 13.0 Å². The van der Waals surface area contributed by atoms with Gasteiger partial charge in [0.15, 0.2) is 0 Å². The van der Waals surface area contributed by atoms with Gasteiger partial charge in [-0.1, -0.05) is 18.5 Å². The Morgan fingerprint density at radius 3 is 2.67 bits per heavy atom. The van der Waals surface area contributed by atoms with Crippen LogP contribution in [0.4, 0.5) is 5.69 Å². The lowest BCUT2D eigenvalue weighted by atomic mass is 9.82. The second kappa shape index (κ2) is 4.34. The van der Waals surface area contributed by atoms with Gasteiger partial charge >= 0.3 is 0 Å². The number of hydrogen-bond donors (Lipinski definition) is 1. The van der Waals surface area contributed by atoms with E-state index >= 15 is 0 Å². The molecule has 15 heavy (non-hydrogen) atoms. The summed E-state index contributed by atoms with van der Waals surface area (Å²) in [6, 6.07) is 4.69.